The average Bonchev–Trinajstić information content (AvgIpc) is 2.77. The number of carbonyl (C=O) groups is 2. The van der Waals surface area contributed by atoms with Crippen molar-refractivity contribution in [3.63, 3.8) is 0 Å². The Balaban J connectivity index is 2.24. The molecule has 1 aliphatic heterocycles. The van der Waals surface area contributed by atoms with Gasteiger partial charge < -0.3 is 9.64 Å². The van der Waals surface area contributed by atoms with Gasteiger partial charge in [0.15, 0.2) is 6.04 Å². The Morgan fingerprint density at radius 3 is 2.68 bits per heavy atom. The molecule has 0 aromatic heterocycles. The molecule has 6 heteroatoms. The van der Waals surface area contributed by atoms with Crippen LogP contribution in [0.3, 0.4) is 0 Å². The molecule has 0 spiro atoms. The zero-order chi connectivity index (χ0) is 13.8. The quantitative estimate of drug-likeness (QED) is 0.606. The Bertz CT molecular complexity index is 489. The monoisotopic (exact) mass is 262 g/mol. The summed E-state index contributed by atoms with van der Waals surface area (Å²) >= 11 is 0. The van der Waals surface area contributed by atoms with Gasteiger partial charge in [-0.05, 0) is 19.1 Å². The summed E-state index contributed by atoms with van der Waals surface area (Å²) in [6.07, 6.45) is 0. The number of nitroso groups, excluding NO2 is 1. The number of nitrogens with zero attached hydrogens (tertiary/aromatic N) is 2. The van der Waals surface area contributed by atoms with Gasteiger partial charge in [0.1, 0.15) is 5.92 Å². The molecule has 1 heterocycles. The summed E-state index contributed by atoms with van der Waals surface area (Å²) in [4.78, 5) is 36.0. The SMILES string of the molecule is CCOC(=O)C1CN(c2ccccc2)C(=O)C1N=O. The van der Waals surface area contributed by atoms with Gasteiger partial charge in [0.05, 0.1) is 6.61 Å². The molecule has 1 aromatic rings. The molecule has 0 aliphatic carbocycles. The minimum atomic E-state index is -1.20. The molecular formula is C13H14N2O4. The first-order valence-electron chi connectivity index (χ1n) is 6.04. The highest BCUT2D eigenvalue weighted by molar-refractivity contribution is 6.03. The largest absolute Gasteiger partial charge is 0.466 e. The van der Waals surface area contributed by atoms with E-state index in [1.165, 1.54) is 4.90 Å². The van der Waals surface area contributed by atoms with Crippen LogP contribution in [-0.2, 0) is 14.3 Å². The third-order valence-electron chi connectivity index (χ3n) is 3.05. The molecule has 1 amide bonds. The second kappa shape index (κ2) is 5.60. The molecule has 0 N–H and O–H groups in total. The van der Waals surface area contributed by atoms with E-state index in [2.05, 4.69) is 5.18 Å². The molecule has 6 nitrogen and oxygen atoms in total. The van der Waals surface area contributed by atoms with Crippen LogP contribution in [0.25, 0.3) is 0 Å². The summed E-state index contributed by atoms with van der Waals surface area (Å²) in [7, 11) is 0. The Morgan fingerprint density at radius 2 is 2.11 bits per heavy atom. The minimum Gasteiger partial charge on any atom is -0.466 e. The third kappa shape index (κ3) is 2.47. The topological polar surface area (TPSA) is 76.0 Å². The first kappa shape index (κ1) is 13.2. The predicted molar refractivity (Wildman–Crippen MR) is 68.5 cm³/mol. The maximum Gasteiger partial charge on any atom is 0.313 e. The van der Waals surface area contributed by atoms with Crippen LogP contribution in [0.1, 0.15) is 6.92 Å². The van der Waals surface area contributed by atoms with Crippen molar-refractivity contribution in [2.45, 2.75) is 13.0 Å². The Labute approximate surface area is 110 Å². The van der Waals surface area contributed by atoms with E-state index in [0.717, 1.165) is 0 Å². The first-order valence-corrected chi connectivity index (χ1v) is 6.04. The molecule has 19 heavy (non-hydrogen) atoms. The summed E-state index contributed by atoms with van der Waals surface area (Å²) in [5.74, 6) is -1.84. The maximum atomic E-state index is 12.1. The normalized spacial score (nSPS) is 22.4. The number of ether oxygens (including phenoxy) is 1. The van der Waals surface area contributed by atoms with E-state index < -0.39 is 23.8 Å². The molecule has 0 saturated carbocycles. The van der Waals surface area contributed by atoms with Crippen molar-refractivity contribution in [3.8, 4) is 0 Å². The molecule has 2 rings (SSSR count). The Kier molecular flexibility index (Phi) is 3.89. The van der Waals surface area contributed by atoms with Crippen LogP contribution in [-0.4, -0.2) is 31.1 Å². The van der Waals surface area contributed by atoms with Gasteiger partial charge in [-0.15, -0.1) is 4.91 Å². The van der Waals surface area contributed by atoms with Gasteiger partial charge in [-0.3, -0.25) is 9.59 Å². The van der Waals surface area contributed by atoms with E-state index in [0.29, 0.717) is 5.69 Å². The van der Waals surface area contributed by atoms with Crippen LogP contribution in [0.4, 0.5) is 5.69 Å². The summed E-state index contributed by atoms with van der Waals surface area (Å²) in [6.45, 7) is 2.01. The fourth-order valence-corrected chi connectivity index (χ4v) is 2.13. The summed E-state index contributed by atoms with van der Waals surface area (Å²) < 4.78 is 4.87. The lowest BCUT2D eigenvalue weighted by atomic mass is 10.1. The molecule has 2 unspecified atom stereocenters. The lowest BCUT2D eigenvalue weighted by molar-refractivity contribution is -0.148. The van der Waals surface area contributed by atoms with Crippen molar-refractivity contribution >= 4 is 17.6 Å². The number of hydrogen-bond donors (Lipinski definition) is 0. The zero-order valence-corrected chi connectivity index (χ0v) is 10.5. The lowest BCUT2D eigenvalue weighted by Crippen LogP contribution is -2.29. The Morgan fingerprint density at radius 1 is 1.42 bits per heavy atom. The molecule has 1 saturated heterocycles. The Hall–Kier alpha value is -2.24. The molecule has 0 bridgehead atoms. The number of carbonyl (C=O) groups excluding carboxylic acids is 2. The molecule has 0 radical (unpaired) electrons. The molecule has 2 atom stereocenters. The minimum absolute atomic E-state index is 0.123. The number of rotatable bonds is 4. The van der Waals surface area contributed by atoms with E-state index in [1.54, 1.807) is 31.2 Å². The first-order chi connectivity index (χ1) is 9.19. The van der Waals surface area contributed by atoms with Gasteiger partial charge in [-0.2, -0.15) is 0 Å². The van der Waals surface area contributed by atoms with Crippen LogP contribution in [0.2, 0.25) is 0 Å². The fourth-order valence-electron chi connectivity index (χ4n) is 2.13. The van der Waals surface area contributed by atoms with Crippen LogP contribution < -0.4 is 4.90 Å². The molecule has 100 valence electrons. The predicted octanol–water partition coefficient (Wildman–Crippen LogP) is 1.35. The van der Waals surface area contributed by atoms with Gasteiger partial charge in [0.2, 0.25) is 0 Å². The summed E-state index contributed by atoms with van der Waals surface area (Å²) in [6, 6.07) is 7.68. The van der Waals surface area contributed by atoms with E-state index in [1.807, 2.05) is 6.07 Å². The second-order valence-corrected chi connectivity index (χ2v) is 4.19. The van der Waals surface area contributed by atoms with Crippen molar-refractivity contribution in [2.75, 3.05) is 18.1 Å². The van der Waals surface area contributed by atoms with Gasteiger partial charge >= 0.3 is 5.97 Å². The van der Waals surface area contributed by atoms with Crippen LogP contribution in [0.5, 0.6) is 0 Å². The maximum absolute atomic E-state index is 12.1. The van der Waals surface area contributed by atoms with Gasteiger partial charge in [0, 0.05) is 12.2 Å². The molecular weight excluding hydrogens is 248 g/mol. The highest BCUT2D eigenvalue weighted by Crippen LogP contribution is 2.27. The van der Waals surface area contributed by atoms with Gasteiger partial charge in [-0.25, -0.2) is 0 Å². The van der Waals surface area contributed by atoms with Crippen molar-refractivity contribution < 1.29 is 14.3 Å². The van der Waals surface area contributed by atoms with E-state index in [4.69, 9.17) is 4.74 Å². The fraction of sp³-hybridized carbons (Fsp3) is 0.385. The van der Waals surface area contributed by atoms with Crippen LogP contribution in [0, 0.1) is 10.8 Å². The second-order valence-electron chi connectivity index (χ2n) is 4.19. The van der Waals surface area contributed by atoms with E-state index in [-0.39, 0.29) is 13.2 Å². The van der Waals surface area contributed by atoms with Crippen LogP contribution >= 0.6 is 0 Å². The number of anilines is 1. The van der Waals surface area contributed by atoms with Crippen molar-refractivity contribution in [1.82, 2.24) is 0 Å². The number of esters is 1. The summed E-state index contributed by atoms with van der Waals surface area (Å²) in [5, 5.41) is 2.79. The van der Waals surface area contributed by atoms with Crippen molar-refractivity contribution in [2.24, 2.45) is 11.1 Å². The number of hydrogen-bond acceptors (Lipinski definition) is 5. The van der Waals surface area contributed by atoms with Crippen LogP contribution in [0.15, 0.2) is 35.5 Å². The smallest absolute Gasteiger partial charge is 0.313 e. The molecule has 1 aromatic carbocycles. The highest BCUT2D eigenvalue weighted by atomic mass is 16.5. The van der Waals surface area contributed by atoms with E-state index in [9.17, 15) is 14.5 Å². The number of benzene rings is 1. The third-order valence-corrected chi connectivity index (χ3v) is 3.05. The zero-order valence-electron chi connectivity index (χ0n) is 10.5. The van der Waals surface area contributed by atoms with Crippen molar-refractivity contribution in [3.05, 3.63) is 35.2 Å². The average molecular weight is 262 g/mol. The number of amides is 1. The van der Waals surface area contributed by atoms with Gasteiger partial charge in [-0.1, -0.05) is 23.4 Å². The molecule has 1 aliphatic rings. The lowest BCUT2D eigenvalue weighted by Gasteiger charge is -2.15. The van der Waals surface area contributed by atoms with Gasteiger partial charge in [0.25, 0.3) is 5.91 Å². The van der Waals surface area contributed by atoms with Crippen molar-refractivity contribution in [1.29, 1.82) is 0 Å². The highest BCUT2D eigenvalue weighted by Gasteiger charge is 2.47. The van der Waals surface area contributed by atoms with E-state index >= 15 is 0 Å². The molecule has 1 fully saturated rings. The summed E-state index contributed by atoms with van der Waals surface area (Å²) in [5.41, 5.74) is 0.646. The number of para-hydroxylation sites is 1. The standard InChI is InChI=1S/C13H14N2O4/c1-2-19-13(17)10-8-15(12(16)11(10)14-18)9-6-4-3-5-7-9/h3-7,10-11H,2,8H2,1H3.